The third kappa shape index (κ3) is 3.29. The second-order valence-corrected chi connectivity index (χ2v) is 5.67. The molecule has 0 saturated carbocycles. The zero-order valence-electron chi connectivity index (χ0n) is 12.5. The number of hydrogen-bond donors (Lipinski definition) is 0. The Balaban J connectivity index is 6.42. The fourth-order valence-electron chi connectivity index (χ4n) is 1.64. The second kappa shape index (κ2) is 6.24. The molecule has 0 radical (unpaired) electrons. The van der Waals surface area contributed by atoms with Crippen LogP contribution in [0.3, 0.4) is 0 Å². The van der Waals surface area contributed by atoms with E-state index in [-0.39, 0.29) is 0 Å². The highest BCUT2D eigenvalue weighted by molar-refractivity contribution is 5.13. The lowest BCUT2D eigenvalue weighted by molar-refractivity contribution is -0.452. The summed E-state index contributed by atoms with van der Waals surface area (Å²) in [6.07, 6.45) is -9.86. The standard InChI is InChI=1S/C11H9F15/c1-4(2)3-5(12,13)6(14,15)7(16,17)8(18,19)9(20,21)10(22,23)11(24,25)26/h4H,3H2,1-2H3. The van der Waals surface area contributed by atoms with Gasteiger partial charge in [0.1, 0.15) is 0 Å². The van der Waals surface area contributed by atoms with Gasteiger partial charge in [0.15, 0.2) is 0 Å². The van der Waals surface area contributed by atoms with Crippen molar-refractivity contribution < 1.29 is 65.9 Å². The molecule has 0 unspecified atom stereocenters. The molecule has 0 nitrogen and oxygen atoms in total. The lowest BCUT2D eigenvalue weighted by Gasteiger charge is -2.41. The topological polar surface area (TPSA) is 0 Å². The van der Waals surface area contributed by atoms with E-state index in [1.807, 2.05) is 0 Å². The minimum atomic E-state index is -8.21. The maximum atomic E-state index is 13.2. The van der Waals surface area contributed by atoms with Crippen molar-refractivity contribution in [3.63, 3.8) is 0 Å². The molecule has 0 aromatic heterocycles. The number of rotatable bonds is 7. The van der Waals surface area contributed by atoms with E-state index in [0.29, 0.717) is 13.8 Å². The maximum absolute atomic E-state index is 13.2. The van der Waals surface area contributed by atoms with Crippen LogP contribution in [0.15, 0.2) is 0 Å². The van der Waals surface area contributed by atoms with Crippen molar-refractivity contribution in [1.82, 2.24) is 0 Å². The third-order valence-corrected chi connectivity index (χ3v) is 3.06. The van der Waals surface area contributed by atoms with Gasteiger partial charge in [0.05, 0.1) is 0 Å². The highest BCUT2D eigenvalue weighted by Crippen LogP contribution is 2.62. The lowest BCUT2D eigenvalue weighted by Crippen LogP contribution is -2.72. The fraction of sp³-hybridized carbons (Fsp3) is 1.00. The molecule has 0 aliphatic heterocycles. The van der Waals surface area contributed by atoms with Crippen LogP contribution >= 0.6 is 0 Å². The van der Waals surface area contributed by atoms with Gasteiger partial charge in [-0.1, -0.05) is 13.8 Å². The fourth-order valence-corrected chi connectivity index (χ4v) is 1.64. The molecule has 0 amide bonds. The third-order valence-electron chi connectivity index (χ3n) is 3.06. The average Bonchev–Trinajstić information content (AvgIpc) is 2.34. The van der Waals surface area contributed by atoms with Crippen LogP contribution in [0.2, 0.25) is 0 Å². The van der Waals surface area contributed by atoms with Gasteiger partial charge >= 0.3 is 41.7 Å². The number of halogens is 15. The quantitative estimate of drug-likeness (QED) is 0.413. The van der Waals surface area contributed by atoms with Crippen molar-refractivity contribution >= 4 is 0 Å². The minimum Gasteiger partial charge on any atom is -0.200 e. The van der Waals surface area contributed by atoms with Gasteiger partial charge in [-0.3, -0.25) is 0 Å². The van der Waals surface area contributed by atoms with Crippen LogP contribution in [0.5, 0.6) is 0 Å². The van der Waals surface area contributed by atoms with Gasteiger partial charge in [0.2, 0.25) is 0 Å². The summed E-state index contributed by atoms with van der Waals surface area (Å²) in [7, 11) is 0. The smallest absolute Gasteiger partial charge is 0.200 e. The highest BCUT2D eigenvalue weighted by Gasteiger charge is 2.93. The Kier molecular flexibility index (Phi) is 5.99. The molecule has 0 aromatic carbocycles. The van der Waals surface area contributed by atoms with Crippen LogP contribution in [-0.2, 0) is 0 Å². The van der Waals surface area contributed by atoms with Crippen molar-refractivity contribution in [2.24, 2.45) is 5.92 Å². The van der Waals surface area contributed by atoms with Crippen molar-refractivity contribution in [1.29, 1.82) is 0 Å². The van der Waals surface area contributed by atoms with E-state index >= 15 is 0 Å². The van der Waals surface area contributed by atoms with Crippen LogP contribution < -0.4 is 0 Å². The van der Waals surface area contributed by atoms with Gasteiger partial charge in [-0.25, -0.2) is 0 Å². The molecule has 0 aliphatic rings. The lowest BCUT2D eigenvalue weighted by atomic mass is 9.88. The molecule has 0 spiro atoms. The first-order valence-electron chi connectivity index (χ1n) is 6.25. The number of hydrogen-bond acceptors (Lipinski definition) is 0. The molecule has 0 N–H and O–H groups in total. The summed E-state index contributed by atoms with van der Waals surface area (Å²) in [4.78, 5) is 0. The second-order valence-electron chi connectivity index (χ2n) is 5.67. The van der Waals surface area contributed by atoms with E-state index in [2.05, 4.69) is 0 Å². The summed E-state index contributed by atoms with van der Waals surface area (Å²) in [5.41, 5.74) is 0. The predicted molar refractivity (Wildman–Crippen MR) is 55.2 cm³/mol. The Bertz CT molecular complexity index is 498. The Morgan fingerprint density at radius 3 is 1.00 bits per heavy atom. The van der Waals surface area contributed by atoms with E-state index in [1.54, 1.807) is 0 Å². The van der Waals surface area contributed by atoms with E-state index in [1.165, 1.54) is 0 Å². The summed E-state index contributed by atoms with van der Waals surface area (Å²) < 4.78 is 191. The first-order chi connectivity index (χ1) is 10.9. The zero-order valence-corrected chi connectivity index (χ0v) is 12.5. The van der Waals surface area contributed by atoms with E-state index in [9.17, 15) is 65.9 Å². The molecule has 0 fully saturated rings. The Hall–Kier alpha value is -1.05. The van der Waals surface area contributed by atoms with Gasteiger partial charge in [-0.15, -0.1) is 0 Å². The summed E-state index contributed by atoms with van der Waals surface area (Å²) in [6.45, 7) is 1.40. The van der Waals surface area contributed by atoms with Gasteiger partial charge < -0.3 is 0 Å². The molecule has 26 heavy (non-hydrogen) atoms. The van der Waals surface area contributed by atoms with Gasteiger partial charge in [-0.05, 0) is 5.92 Å². The van der Waals surface area contributed by atoms with Gasteiger partial charge in [-0.2, -0.15) is 65.9 Å². The van der Waals surface area contributed by atoms with Crippen molar-refractivity contribution in [3.05, 3.63) is 0 Å². The zero-order chi connectivity index (χ0) is 21.8. The average molecular weight is 426 g/mol. The molecule has 0 saturated heterocycles. The van der Waals surface area contributed by atoms with Crippen molar-refractivity contribution in [2.75, 3.05) is 0 Å². The van der Waals surface area contributed by atoms with Gasteiger partial charge in [0, 0.05) is 6.42 Å². The molecular formula is C11H9F15. The molecule has 158 valence electrons. The number of alkyl halides is 15. The maximum Gasteiger partial charge on any atom is 0.460 e. The van der Waals surface area contributed by atoms with Crippen LogP contribution in [0.1, 0.15) is 20.3 Å². The Labute approximate surface area is 135 Å². The molecule has 0 heterocycles. The molecule has 0 bridgehead atoms. The monoisotopic (exact) mass is 426 g/mol. The summed E-state index contributed by atoms with van der Waals surface area (Å²) >= 11 is 0. The van der Waals surface area contributed by atoms with Crippen LogP contribution in [0, 0.1) is 5.92 Å². The van der Waals surface area contributed by atoms with Crippen LogP contribution in [-0.4, -0.2) is 41.7 Å². The highest BCUT2D eigenvalue weighted by atomic mass is 19.4. The van der Waals surface area contributed by atoms with E-state index in [0.717, 1.165) is 0 Å². The molecule has 0 aromatic rings. The summed E-state index contributed by atoms with van der Waals surface area (Å²) in [5, 5.41) is 0. The largest absolute Gasteiger partial charge is 0.460 e. The Morgan fingerprint density at radius 1 is 0.462 bits per heavy atom. The summed E-state index contributed by atoms with van der Waals surface area (Å²) in [6, 6.07) is 0. The molecule has 0 atom stereocenters. The first-order valence-corrected chi connectivity index (χ1v) is 6.25. The molecule has 15 heteroatoms. The molecule has 0 rings (SSSR count). The normalized spacial score (nSPS) is 16.4. The van der Waals surface area contributed by atoms with Crippen LogP contribution in [0.25, 0.3) is 0 Å². The van der Waals surface area contributed by atoms with E-state index in [4.69, 9.17) is 0 Å². The summed E-state index contributed by atoms with van der Waals surface area (Å²) in [5.74, 6) is -47.4. The minimum absolute atomic E-state index is 0.701. The molecular weight excluding hydrogens is 417 g/mol. The van der Waals surface area contributed by atoms with Gasteiger partial charge in [0.25, 0.3) is 0 Å². The molecule has 0 aliphatic carbocycles. The van der Waals surface area contributed by atoms with E-state index < -0.39 is 54.1 Å². The predicted octanol–water partition coefficient (Wildman–Crippen LogP) is 6.41. The van der Waals surface area contributed by atoms with Crippen molar-refractivity contribution in [2.45, 2.75) is 62.0 Å². The first kappa shape index (κ1) is 24.9. The van der Waals surface area contributed by atoms with Crippen LogP contribution in [0.4, 0.5) is 65.9 Å². The Morgan fingerprint density at radius 2 is 0.731 bits per heavy atom. The SMILES string of the molecule is CC(C)CC(F)(F)C(F)(F)C(F)(F)C(F)(F)C(F)(F)C(F)(F)C(F)(F)F. The van der Waals surface area contributed by atoms with Crippen molar-refractivity contribution in [3.8, 4) is 0 Å².